The Balaban J connectivity index is 1.99. The fourth-order valence-corrected chi connectivity index (χ4v) is 2.83. The lowest BCUT2D eigenvalue weighted by Crippen LogP contribution is -2.14. The van der Waals surface area contributed by atoms with Crippen LogP contribution in [-0.4, -0.2) is 10.9 Å². The monoisotopic (exact) mass is 278 g/mol. The molecule has 1 heterocycles. The number of aryl methyl sites for hydroxylation is 3. The van der Waals surface area contributed by atoms with Gasteiger partial charge >= 0.3 is 0 Å². The summed E-state index contributed by atoms with van der Waals surface area (Å²) >= 11 is 0. The Bertz CT molecular complexity index is 807. The van der Waals surface area contributed by atoms with Gasteiger partial charge in [-0.3, -0.25) is 4.79 Å². The van der Waals surface area contributed by atoms with Crippen molar-refractivity contribution in [3.8, 4) is 0 Å². The summed E-state index contributed by atoms with van der Waals surface area (Å²) < 4.78 is 0. The number of aromatic amines is 1. The number of rotatable bonds is 2. The summed E-state index contributed by atoms with van der Waals surface area (Å²) in [5.41, 5.74) is 5.80. The van der Waals surface area contributed by atoms with E-state index in [1.54, 1.807) is 0 Å². The summed E-state index contributed by atoms with van der Waals surface area (Å²) in [6.07, 6.45) is 1.85. The number of para-hydroxylation sites is 1. The lowest BCUT2D eigenvalue weighted by atomic mass is 10.0. The quantitative estimate of drug-likeness (QED) is 0.719. The van der Waals surface area contributed by atoms with E-state index < -0.39 is 0 Å². The van der Waals surface area contributed by atoms with Crippen LogP contribution in [-0.2, 0) is 0 Å². The van der Waals surface area contributed by atoms with E-state index in [0.29, 0.717) is 5.56 Å². The van der Waals surface area contributed by atoms with Gasteiger partial charge in [-0.1, -0.05) is 29.8 Å². The maximum absolute atomic E-state index is 12.6. The van der Waals surface area contributed by atoms with Crippen LogP contribution in [0.3, 0.4) is 0 Å². The van der Waals surface area contributed by atoms with Gasteiger partial charge in [0.1, 0.15) is 0 Å². The Hall–Kier alpha value is -2.55. The molecule has 21 heavy (non-hydrogen) atoms. The first kappa shape index (κ1) is 13.4. The van der Waals surface area contributed by atoms with Crippen LogP contribution in [0.25, 0.3) is 10.9 Å². The molecule has 0 aliphatic carbocycles. The number of fused-ring (bicyclic) bond motifs is 1. The first-order chi connectivity index (χ1) is 10.1. The molecule has 1 amide bonds. The van der Waals surface area contributed by atoms with Crippen LogP contribution >= 0.6 is 0 Å². The van der Waals surface area contributed by atoms with Crippen molar-refractivity contribution < 1.29 is 4.79 Å². The molecule has 0 atom stereocenters. The number of hydrogen-bond donors (Lipinski definition) is 2. The highest BCUT2D eigenvalue weighted by molar-refractivity contribution is 6.12. The number of aromatic nitrogens is 1. The second-order valence-electron chi connectivity index (χ2n) is 5.48. The summed E-state index contributed by atoms with van der Waals surface area (Å²) in [7, 11) is 0. The highest BCUT2D eigenvalue weighted by Gasteiger charge is 2.13. The van der Waals surface area contributed by atoms with E-state index in [4.69, 9.17) is 0 Å². The van der Waals surface area contributed by atoms with Crippen LogP contribution in [0.5, 0.6) is 0 Å². The van der Waals surface area contributed by atoms with Crippen molar-refractivity contribution in [2.75, 3.05) is 5.32 Å². The first-order valence-electron chi connectivity index (χ1n) is 7.01. The molecule has 1 aromatic heterocycles. The number of benzene rings is 2. The van der Waals surface area contributed by atoms with Gasteiger partial charge in [0.2, 0.25) is 0 Å². The minimum atomic E-state index is -0.0851. The third-order valence-corrected chi connectivity index (χ3v) is 3.75. The minimum absolute atomic E-state index is 0.0851. The van der Waals surface area contributed by atoms with Gasteiger partial charge in [-0.15, -0.1) is 0 Å². The summed E-state index contributed by atoms with van der Waals surface area (Å²) in [5, 5.41) is 4.09. The Morgan fingerprint density at radius 2 is 1.76 bits per heavy atom. The van der Waals surface area contributed by atoms with Gasteiger partial charge < -0.3 is 10.3 Å². The highest BCUT2D eigenvalue weighted by Crippen LogP contribution is 2.24. The number of carbonyl (C=O) groups is 1. The van der Waals surface area contributed by atoms with Gasteiger partial charge in [-0.05, 0) is 44.0 Å². The molecule has 3 rings (SSSR count). The standard InChI is InChI=1S/C18H18N2O/c1-11-9-12(2)16(13(3)10-11)20-18(21)15-6-4-5-14-7-8-19-17(14)15/h4-10,19H,1-3H3,(H,20,21). The van der Waals surface area contributed by atoms with Crippen molar-refractivity contribution in [3.63, 3.8) is 0 Å². The van der Waals surface area contributed by atoms with Gasteiger partial charge in [-0.2, -0.15) is 0 Å². The molecule has 0 fully saturated rings. The van der Waals surface area contributed by atoms with E-state index in [1.165, 1.54) is 5.56 Å². The van der Waals surface area contributed by atoms with Gasteiger partial charge in [0, 0.05) is 17.3 Å². The van der Waals surface area contributed by atoms with Crippen molar-refractivity contribution in [1.82, 2.24) is 4.98 Å². The molecule has 0 saturated carbocycles. The van der Waals surface area contributed by atoms with E-state index in [9.17, 15) is 4.79 Å². The van der Waals surface area contributed by atoms with Crippen LogP contribution < -0.4 is 5.32 Å². The number of hydrogen-bond acceptors (Lipinski definition) is 1. The zero-order valence-electron chi connectivity index (χ0n) is 12.4. The molecule has 3 nitrogen and oxygen atoms in total. The molecule has 3 heteroatoms. The largest absolute Gasteiger partial charge is 0.361 e. The third kappa shape index (κ3) is 2.42. The molecule has 0 aliphatic heterocycles. The molecule has 0 bridgehead atoms. The molecule has 2 N–H and O–H groups in total. The molecule has 3 aromatic rings. The zero-order valence-corrected chi connectivity index (χ0v) is 12.4. The topological polar surface area (TPSA) is 44.9 Å². The van der Waals surface area contributed by atoms with Gasteiger partial charge in [-0.25, -0.2) is 0 Å². The maximum atomic E-state index is 12.6. The van der Waals surface area contributed by atoms with E-state index >= 15 is 0 Å². The number of amides is 1. The van der Waals surface area contributed by atoms with Crippen molar-refractivity contribution >= 4 is 22.5 Å². The average Bonchev–Trinajstić information content (AvgIpc) is 2.90. The summed E-state index contributed by atoms with van der Waals surface area (Å²) in [6.45, 7) is 6.10. The average molecular weight is 278 g/mol. The number of anilines is 1. The van der Waals surface area contributed by atoms with Crippen LogP contribution in [0.2, 0.25) is 0 Å². The lowest BCUT2D eigenvalue weighted by molar-refractivity contribution is 0.102. The van der Waals surface area contributed by atoms with Crippen LogP contribution in [0.4, 0.5) is 5.69 Å². The second-order valence-corrected chi connectivity index (χ2v) is 5.48. The number of carbonyl (C=O) groups excluding carboxylic acids is 1. The van der Waals surface area contributed by atoms with E-state index in [1.807, 2.05) is 44.3 Å². The van der Waals surface area contributed by atoms with Gasteiger partial charge in [0.15, 0.2) is 0 Å². The van der Waals surface area contributed by atoms with E-state index in [-0.39, 0.29) is 5.91 Å². The van der Waals surface area contributed by atoms with E-state index in [2.05, 4.69) is 29.4 Å². The van der Waals surface area contributed by atoms with E-state index in [0.717, 1.165) is 27.7 Å². The van der Waals surface area contributed by atoms with Crippen molar-refractivity contribution in [1.29, 1.82) is 0 Å². The zero-order chi connectivity index (χ0) is 15.0. The molecule has 0 saturated heterocycles. The Morgan fingerprint density at radius 1 is 1.05 bits per heavy atom. The second kappa shape index (κ2) is 5.09. The molecule has 106 valence electrons. The maximum Gasteiger partial charge on any atom is 0.257 e. The number of H-pyrrole nitrogens is 1. The van der Waals surface area contributed by atoms with Crippen LogP contribution in [0, 0.1) is 20.8 Å². The van der Waals surface area contributed by atoms with Crippen molar-refractivity contribution in [2.45, 2.75) is 20.8 Å². The fourth-order valence-electron chi connectivity index (χ4n) is 2.83. The smallest absolute Gasteiger partial charge is 0.257 e. The fraction of sp³-hybridized carbons (Fsp3) is 0.167. The molecular weight excluding hydrogens is 260 g/mol. The van der Waals surface area contributed by atoms with Gasteiger partial charge in [0.25, 0.3) is 5.91 Å². The molecule has 0 spiro atoms. The normalized spacial score (nSPS) is 10.8. The molecule has 0 unspecified atom stereocenters. The summed E-state index contributed by atoms with van der Waals surface area (Å²) in [6, 6.07) is 11.9. The third-order valence-electron chi connectivity index (χ3n) is 3.75. The lowest BCUT2D eigenvalue weighted by Gasteiger charge is -2.13. The van der Waals surface area contributed by atoms with Crippen LogP contribution in [0.15, 0.2) is 42.6 Å². The van der Waals surface area contributed by atoms with Gasteiger partial charge in [0.05, 0.1) is 11.1 Å². The van der Waals surface area contributed by atoms with Crippen molar-refractivity contribution in [2.24, 2.45) is 0 Å². The molecule has 2 aromatic carbocycles. The molecular formula is C18H18N2O. The van der Waals surface area contributed by atoms with Crippen LogP contribution in [0.1, 0.15) is 27.0 Å². The molecule has 0 radical (unpaired) electrons. The SMILES string of the molecule is Cc1cc(C)c(NC(=O)c2cccc3cc[nH]c23)c(C)c1. The summed E-state index contributed by atoms with van der Waals surface area (Å²) in [4.78, 5) is 15.7. The Kier molecular flexibility index (Phi) is 3.26. The summed E-state index contributed by atoms with van der Waals surface area (Å²) in [5.74, 6) is -0.0851. The van der Waals surface area contributed by atoms with Crippen molar-refractivity contribution in [3.05, 3.63) is 64.8 Å². The Labute approximate surface area is 124 Å². The minimum Gasteiger partial charge on any atom is -0.361 e. The highest BCUT2D eigenvalue weighted by atomic mass is 16.1. The molecule has 0 aliphatic rings. The predicted octanol–water partition coefficient (Wildman–Crippen LogP) is 4.35. The predicted molar refractivity (Wildman–Crippen MR) is 86.9 cm³/mol. The number of nitrogens with one attached hydrogen (secondary N) is 2. The Morgan fingerprint density at radius 3 is 2.48 bits per heavy atom. The first-order valence-corrected chi connectivity index (χ1v) is 7.01.